The van der Waals surface area contributed by atoms with Crippen LogP contribution in [0.5, 0.6) is 17.2 Å². The Bertz CT molecular complexity index is 1280. The summed E-state index contributed by atoms with van der Waals surface area (Å²) in [4.78, 5) is 42.4. The van der Waals surface area contributed by atoms with E-state index in [9.17, 15) is 14.4 Å². The second-order valence-corrected chi connectivity index (χ2v) is 7.20. The van der Waals surface area contributed by atoms with Crippen molar-refractivity contribution in [2.45, 2.75) is 19.9 Å². The number of methoxy groups -OCH3 is 3. The van der Waals surface area contributed by atoms with Gasteiger partial charge in [-0.05, 0) is 31.0 Å². The molecule has 1 aromatic carbocycles. The number of rotatable bonds is 8. The summed E-state index contributed by atoms with van der Waals surface area (Å²) in [5, 5.41) is 2.90. The van der Waals surface area contributed by atoms with Gasteiger partial charge < -0.3 is 19.5 Å². The first kappa shape index (κ1) is 22.9. The third-order valence-electron chi connectivity index (χ3n) is 5.17. The summed E-state index contributed by atoms with van der Waals surface area (Å²) in [6.07, 6.45) is 2.07. The Labute approximate surface area is 184 Å². The molecule has 3 rings (SSSR count). The smallest absolute Gasteiger partial charge is 0.332 e. The summed E-state index contributed by atoms with van der Waals surface area (Å²) in [6, 6.07) is 5.49. The van der Waals surface area contributed by atoms with Crippen molar-refractivity contribution >= 4 is 16.9 Å². The number of benzene rings is 1. The highest BCUT2D eigenvalue weighted by molar-refractivity contribution is 5.83. The van der Waals surface area contributed by atoms with Crippen LogP contribution in [0.4, 0.5) is 0 Å². The third kappa shape index (κ3) is 4.29. The van der Waals surface area contributed by atoms with Crippen LogP contribution in [0.2, 0.25) is 0 Å². The SMILES string of the molecule is COc1ccc(CCNC(=O)Cn2c(=O)c3c(OC)c(C)cnc3n(C)c2=O)cc1OC. The zero-order chi connectivity index (χ0) is 23.4. The fraction of sp³-hybridized carbons (Fsp3) is 0.364. The molecule has 0 aliphatic heterocycles. The standard InChI is InChI=1S/C22H26N4O6/c1-13-11-24-20-18(19(13)32-5)21(28)26(22(29)25(20)2)12-17(27)23-9-8-14-6-7-15(30-3)16(10-14)31-4/h6-7,10-11H,8-9,12H2,1-5H3,(H,23,27). The quantitative estimate of drug-likeness (QED) is 0.549. The molecule has 10 nitrogen and oxygen atoms in total. The Balaban J connectivity index is 1.79. The molecule has 0 aliphatic carbocycles. The van der Waals surface area contributed by atoms with Crippen molar-refractivity contribution in [3.63, 3.8) is 0 Å². The van der Waals surface area contributed by atoms with Gasteiger partial charge in [-0.25, -0.2) is 14.3 Å². The van der Waals surface area contributed by atoms with Crippen molar-refractivity contribution in [1.82, 2.24) is 19.4 Å². The molecule has 0 spiro atoms. The lowest BCUT2D eigenvalue weighted by molar-refractivity contribution is -0.121. The van der Waals surface area contributed by atoms with Gasteiger partial charge in [-0.15, -0.1) is 0 Å². The first-order valence-corrected chi connectivity index (χ1v) is 9.93. The van der Waals surface area contributed by atoms with Crippen molar-refractivity contribution in [2.24, 2.45) is 7.05 Å². The Morgan fingerprint density at radius 1 is 1.09 bits per heavy atom. The minimum atomic E-state index is -0.629. The van der Waals surface area contributed by atoms with Crippen molar-refractivity contribution < 1.29 is 19.0 Å². The number of carbonyl (C=O) groups is 1. The number of hydrogen-bond acceptors (Lipinski definition) is 7. The minimum absolute atomic E-state index is 0.160. The maximum atomic E-state index is 13.0. The molecule has 0 unspecified atom stereocenters. The topological polar surface area (TPSA) is 114 Å². The van der Waals surface area contributed by atoms with Gasteiger partial charge in [0.25, 0.3) is 5.56 Å². The van der Waals surface area contributed by atoms with E-state index in [0.717, 1.165) is 10.1 Å². The molecule has 2 heterocycles. The van der Waals surface area contributed by atoms with Crippen LogP contribution in [-0.4, -0.2) is 47.9 Å². The molecule has 0 aliphatic rings. The van der Waals surface area contributed by atoms with Gasteiger partial charge in [0, 0.05) is 25.4 Å². The van der Waals surface area contributed by atoms with E-state index in [4.69, 9.17) is 14.2 Å². The van der Waals surface area contributed by atoms with Crippen molar-refractivity contribution in [2.75, 3.05) is 27.9 Å². The summed E-state index contributed by atoms with van der Waals surface area (Å²) in [5.41, 5.74) is 0.546. The van der Waals surface area contributed by atoms with E-state index in [2.05, 4.69) is 10.3 Å². The summed E-state index contributed by atoms with van der Waals surface area (Å²) in [6.45, 7) is 1.66. The Hall–Kier alpha value is -3.82. The predicted molar refractivity (Wildman–Crippen MR) is 119 cm³/mol. The van der Waals surface area contributed by atoms with E-state index in [1.54, 1.807) is 27.2 Å². The van der Waals surface area contributed by atoms with Crippen molar-refractivity contribution in [3.05, 3.63) is 56.4 Å². The maximum Gasteiger partial charge on any atom is 0.332 e. The van der Waals surface area contributed by atoms with Gasteiger partial charge in [0.1, 0.15) is 17.7 Å². The van der Waals surface area contributed by atoms with E-state index < -0.39 is 23.7 Å². The van der Waals surface area contributed by atoms with E-state index in [1.807, 2.05) is 12.1 Å². The molecule has 32 heavy (non-hydrogen) atoms. The number of nitrogens with zero attached hydrogens (tertiary/aromatic N) is 3. The second kappa shape index (κ2) is 9.54. The summed E-state index contributed by atoms with van der Waals surface area (Å²) in [7, 11) is 6.05. The molecule has 1 N–H and O–H groups in total. The lowest BCUT2D eigenvalue weighted by Gasteiger charge is -2.13. The molecule has 0 bridgehead atoms. The van der Waals surface area contributed by atoms with Crippen LogP contribution in [0, 0.1) is 6.92 Å². The molecule has 3 aromatic rings. The molecular formula is C22H26N4O6. The average Bonchev–Trinajstić information content (AvgIpc) is 2.80. The highest BCUT2D eigenvalue weighted by Gasteiger charge is 2.19. The van der Waals surface area contributed by atoms with E-state index >= 15 is 0 Å². The van der Waals surface area contributed by atoms with E-state index in [-0.39, 0.29) is 11.0 Å². The number of ether oxygens (including phenoxy) is 3. The second-order valence-electron chi connectivity index (χ2n) is 7.20. The Kier molecular flexibility index (Phi) is 6.82. The third-order valence-corrected chi connectivity index (χ3v) is 5.17. The molecule has 0 saturated heterocycles. The number of nitrogens with one attached hydrogen (secondary N) is 1. The first-order valence-electron chi connectivity index (χ1n) is 9.93. The van der Waals surface area contributed by atoms with Crippen LogP contribution in [-0.2, 0) is 24.8 Å². The highest BCUT2D eigenvalue weighted by Crippen LogP contribution is 2.27. The van der Waals surface area contributed by atoms with Gasteiger partial charge in [-0.3, -0.25) is 14.2 Å². The fourth-order valence-corrected chi connectivity index (χ4v) is 3.50. The van der Waals surface area contributed by atoms with Crippen LogP contribution in [0.3, 0.4) is 0 Å². The van der Waals surface area contributed by atoms with Gasteiger partial charge in [0.05, 0.1) is 21.3 Å². The highest BCUT2D eigenvalue weighted by atomic mass is 16.5. The number of fused-ring (bicyclic) bond motifs is 1. The summed E-state index contributed by atoms with van der Waals surface area (Å²) >= 11 is 0. The lowest BCUT2D eigenvalue weighted by Crippen LogP contribution is -2.43. The number of amides is 1. The molecule has 0 radical (unpaired) electrons. The number of pyridine rings is 1. The number of hydrogen-bond donors (Lipinski definition) is 1. The molecule has 0 saturated carbocycles. The van der Waals surface area contributed by atoms with Gasteiger partial charge >= 0.3 is 5.69 Å². The number of aromatic nitrogens is 3. The van der Waals surface area contributed by atoms with Crippen molar-refractivity contribution in [1.29, 1.82) is 0 Å². The number of aryl methyl sites for hydroxylation is 2. The maximum absolute atomic E-state index is 13.0. The zero-order valence-corrected chi connectivity index (χ0v) is 18.7. The van der Waals surface area contributed by atoms with Crippen LogP contribution in [0.1, 0.15) is 11.1 Å². The molecule has 10 heteroatoms. The van der Waals surface area contributed by atoms with Gasteiger partial charge in [0.2, 0.25) is 5.91 Å². The molecule has 170 valence electrons. The van der Waals surface area contributed by atoms with Crippen LogP contribution in [0.15, 0.2) is 34.0 Å². The molecule has 0 atom stereocenters. The monoisotopic (exact) mass is 442 g/mol. The van der Waals surface area contributed by atoms with Gasteiger partial charge in [0.15, 0.2) is 17.1 Å². The van der Waals surface area contributed by atoms with E-state index in [1.165, 1.54) is 24.9 Å². The predicted octanol–water partition coefficient (Wildman–Crippen LogP) is 0.788. The Morgan fingerprint density at radius 3 is 2.47 bits per heavy atom. The normalized spacial score (nSPS) is 10.8. The molecule has 0 fully saturated rings. The lowest BCUT2D eigenvalue weighted by atomic mass is 10.1. The minimum Gasteiger partial charge on any atom is -0.495 e. The van der Waals surface area contributed by atoms with Gasteiger partial charge in [-0.1, -0.05) is 6.07 Å². The van der Waals surface area contributed by atoms with Crippen LogP contribution < -0.4 is 30.8 Å². The molecular weight excluding hydrogens is 416 g/mol. The van der Waals surface area contributed by atoms with Crippen LogP contribution >= 0.6 is 0 Å². The zero-order valence-electron chi connectivity index (χ0n) is 18.7. The van der Waals surface area contributed by atoms with E-state index in [0.29, 0.717) is 35.8 Å². The van der Waals surface area contributed by atoms with Gasteiger partial charge in [-0.2, -0.15) is 0 Å². The summed E-state index contributed by atoms with van der Waals surface area (Å²) < 4.78 is 18.0. The first-order chi connectivity index (χ1) is 15.3. The average molecular weight is 442 g/mol. The summed E-state index contributed by atoms with van der Waals surface area (Å²) in [5.74, 6) is 1.09. The molecule has 2 aromatic heterocycles. The fourth-order valence-electron chi connectivity index (χ4n) is 3.50. The Morgan fingerprint density at radius 2 is 1.81 bits per heavy atom. The van der Waals surface area contributed by atoms with Crippen molar-refractivity contribution in [3.8, 4) is 17.2 Å². The molecule has 1 amide bonds. The number of carbonyl (C=O) groups excluding carboxylic acids is 1. The van der Waals surface area contributed by atoms with Crippen LogP contribution in [0.25, 0.3) is 11.0 Å². The largest absolute Gasteiger partial charge is 0.495 e.